The van der Waals surface area contributed by atoms with E-state index < -0.39 is 16.1 Å². The highest BCUT2D eigenvalue weighted by atomic mass is 35.5. The molecule has 1 atom stereocenters. The van der Waals surface area contributed by atoms with Gasteiger partial charge in [-0.25, -0.2) is 13.4 Å². The molecule has 1 aromatic heterocycles. The van der Waals surface area contributed by atoms with Crippen LogP contribution in [0.2, 0.25) is 5.02 Å². The number of aromatic nitrogens is 1. The van der Waals surface area contributed by atoms with Gasteiger partial charge in [-0.05, 0) is 36.4 Å². The molecule has 1 N–H and O–H groups in total. The van der Waals surface area contributed by atoms with Crippen LogP contribution in [0.1, 0.15) is 6.42 Å². The van der Waals surface area contributed by atoms with Crippen LogP contribution >= 0.6 is 22.9 Å². The number of para-hydroxylation sites is 1. The molecule has 0 unspecified atom stereocenters. The summed E-state index contributed by atoms with van der Waals surface area (Å²) in [5, 5.41) is 2.42. The zero-order valence-corrected chi connectivity index (χ0v) is 17.4. The van der Waals surface area contributed by atoms with Crippen LogP contribution in [-0.2, 0) is 14.8 Å². The van der Waals surface area contributed by atoms with Gasteiger partial charge in [0.2, 0.25) is 0 Å². The minimum Gasteiger partial charge on any atom is -0.479 e. The first-order valence-electron chi connectivity index (χ1n) is 8.69. The number of amides is 1. The third-order valence-electron chi connectivity index (χ3n) is 4.37. The van der Waals surface area contributed by atoms with Crippen molar-refractivity contribution in [3.05, 3.63) is 65.1 Å². The molecule has 0 saturated carbocycles. The van der Waals surface area contributed by atoms with Gasteiger partial charge in [0.25, 0.3) is 15.9 Å². The monoisotopic (exact) mass is 449 g/mol. The third kappa shape index (κ3) is 4.21. The molecule has 1 amide bonds. The normalized spacial score (nSPS) is 16.8. The van der Waals surface area contributed by atoms with Gasteiger partial charge in [-0.3, -0.25) is 9.52 Å². The van der Waals surface area contributed by atoms with Gasteiger partial charge in [0.05, 0.1) is 9.92 Å². The first-order valence-corrected chi connectivity index (χ1v) is 11.4. The molecule has 1 aliphatic rings. The van der Waals surface area contributed by atoms with Crippen molar-refractivity contribution in [3.63, 3.8) is 0 Å². The Hall–Kier alpha value is -2.62. The van der Waals surface area contributed by atoms with Gasteiger partial charge in [-0.1, -0.05) is 23.7 Å². The average Bonchev–Trinajstić information content (AvgIpc) is 3.33. The number of nitrogens with one attached hydrogen (secondary N) is 1. The van der Waals surface area contributed by atoms with E-state index in [1.807, 2.05) is 0 Å². The SMILES string of the molecule is O=C1[C@@H](Oc2ccccc2Cl)CCN1c1ccc(S(=O)(=O)Nc2nccs2)cc1. The lowest BCUT2D eigenvalue weighted by molar-refractivity contribution is -0.122. The number of hydrogen-bond donors (Lipinski definition) is 1. The smallest absolute Gasteiger partial charge is 0.268 e. The van der Waals surface area contributed by atoms with Gasteiger partial charge in [-0.2, -0.15) is 0 Å². The molecule has 0 bridgehead atoms. The van der Waals surface area contributed by atoms with E-state index in [9.17, 15) is 13.2 Å². The summed E-state index contributed by atoms with van der Waals surface area (Å²) in [6, 6.07) is 13.1. The fourth-order valence-electron chi connectivity index (χ4n) is 2.97. The highest BCUT2D eigenvalue weighted by Gasteiger charge is 2.34. The predicted molar refractivity (Wildman–Crippen MR) is 112 cm³/mol. The third-order valence-corrected chi connectivity index (χ3v) is 6.86. The first-order chi connectivity index (χ1) is 13.9. The summed E-state index contributed by atoms with van der Waals surface area (Å²) in [5.41, 5.74) is 0.605. The van der Waals surface area contributed by atoms with Crippen LogP contribution in [-0.4, -0.2) is 32.0 Å². The molecule has 0 aliphatic carbocycles. The van der Waals surface area contributed by atoms with E-state index in [2.05, 4.69) is 9.71 Å². The largest absolute Gasteiger partial charge is 0.479 e. The molecule has 2 aromatic carbocycles. The van der Waals surface area contributed by atoms with Crippen molar-refractivity contribution in [2.45, 2.75) is 17.4 Å². The first kappa shape index (κ1) is 19.7. The number of nitrogens with zero attached hydrogens (tertiary/aromatic N) is 2. The van der Waals surface area contributed by atoms with Gasteiger partial charge in [-0.15, -0.1) is 11.3 Å². The standard InChI is InChI=1S/C19H16ClN3O4S2/c20-15-3-1-2-4-16(15)27-17-9-11-23(18(17)24)13-5-7-14(8-6-13)29(25,26)22-19-21-10-12-28-19/h1-8,10,12,17H,9,11H2,(H,21,22)/t17-/m0/s1. The van der Waals surface area contributed by atoms with Gasteiger partial charge in [0.15, 0.2) is 11.2 Å². The van der Waals surface area contributed by atoms with Crippen molar-refractivity contribution < 1.29 is 17.9 Å². The number of benzene rings is 2. The Morgan fingerprint density at radius 1 is 1.17 bits per heavy atom. The van der Waals surface area contributed by atoms with E-state index in [-0.39, 0.29) is 10.8 Å². The summed E-state index contributed by atoms with van der Waals surface area (Å²) in [5.74, 6) is 0.269. The second-order valence-electron chi connectivity index (χ2n) is 6.25. The molecule has 10 heteroatoms. The predicted octanol–water partition coefficient (Wildman–Crippen LogP) is 3.78. The van der Waals surface area contributed by atoms with E-state index in [1.54, 1.807) is 46.7 Å². The molecule has 7 nitrogen and oxygen atoms in total. The zero-order chi connectivity index (χ0) is 20.4. The molecule has 3 aromatic rings. The number of rotatable bonds is 6. The van der Waals surface area contributed by atoms with Crippen LogP contribution in [0.25, 0.3) is 0 Å². The Morgan fingerprint density at radius 3 is 2.62 bits per heavy atom. The van der Waals surface area contributed by atoms with E-state index in [0.29, 0.717) is 34.6 Å². The molecule has 0 spiro atoms. The Balaban J connectivity index is 1.47. The molecule has 1 saturated heterocycles. The fraction of sp³-hybridized carbons (Fsp3) is 0.158. The van der Waals surface area contributed by atoms with E-state index >= 15 is 0 Å². The molecule has 150 valence electrons. The van der Waals surface area contributed by atoms with Crippen LogP contribution in [0.4, 0.5) is 10.8 Å². The summed E-state index contributed by atoms with van der Waals surface area (Å²) in [6.45, 7) is 0.470. The maximum absolute atomic E-state index is 12.7. The zero-order valence-electron chi connectivity index (χ0n) is 15.0. The number of thiazole rings is 1. The average molecular weight is 450 g/mol. The summed E-state index contributed by atoms with van der Waals surface area (Å²) >= 11 is 7.29. The minimum atomic E-state index is -3.74. The van der Waals surface area contributed by atoms with Crippen molar-refractivity contribution in [1.29, 1.82) is 0 Å². The summed E-state index contributed by atoms with van der Waals surface area (Å²) in [7, 11) is -3.74. The minimum absolute atomic E-state index is 0.0898. The molecule has 1 aliphatic heterocycles. The summed E-state index contributed by atoms with van der Waals surface area (Å²) in [6.07, 6.45) is 1.39. The Kier molecular flexibility index (Phi) is 5.44. The number of hydrogen-bond acceptors (Lipinski definition) is 6. The molecule has 0 radical (unpaired) electrons. The number of carbonyl (C=O) groups is 1. The number of carbonyl (C=O) groups excluding carboxylic acids is 1. The number of sulfonamides is 1. The van der Waals surface area contributed by atoms with Gasteiger partial charge >= 0.3 is 0 Å². The quantitative estimate of drug-likeness (QED) is 0.618. The van der Waals surface area contributed by atoms with Crippen molar-refractivity contribution in [2.75, 3.05) is 16.2 Å². The summed E-state index contributed by atoms with van der Waals surface area (Å²) in [4.78, 5) is 18.3. The Labute approximate surface area is 177 Å². The van der Waals surface area contributed by atoms with E-state index in [4.69, 9.17) is 16.3 Å². The molecule has 1 fully saturated rings. The van der Waals surface area contributed by atoms with Crippen LogP contribution < -0.4 is 14.4 Å². The highest BCUT2D eigenvalue weighted by Crippen LogP contribution is 2.29. The molecule has 2 heterocycles. The second kappa shape index (κ2) is 8.02. The second-order valence-corrected chi connectivity index (χ2v) is 9.24. The van der Waals surface area contributed by atoms with Crippen molar-refractivity contribution >= 4 is 49.7 Å². The van der Waals surface area contributed by atoms with E-state index in [1.165, 1.54) is 29.7 Å². The van der Waals surface area contributed by atoms with Gasteiger partial charge < -0.3 is 9.64 Å². The van der Waals surface area contributed by atoms with Gasteiger partial charge in [0, 0.05) is 30.2 Å². The van der Waals surface area contributed by atoms with Crippen molar-refractivity contribution in [2.24, 2.45) is 0 Å². The highest BCUT2D eigenvalue weighted by molar-refractivity contribution is 7.93. The van der Waals surface area contributed by atoms with Crippen LogP contribution in [0.3, 0.4) is 0 Å². The van der Waals surface area contributed by atoms with Crippen LogP contribution in [0.15, 0.2) is 65.0 Å². The number of anilines is 2. The number of ether oxygens (including phenoxy) is 1. The Morgan fingerprint density at radius 2 is 1.93 bits per heavy atom. The van der Waals surface area contributed by atoms with Crippen LogP contribution in [0, 0.1) is 0 Å². The Bertz CT molecular complexity index is 1120. The van der Waals surface area contributed by atoms with Crippen molar-refractivity contribution in [1.82, 2.24) is 4.98 Å². The molecular weight excluding hydrogens is 434 g/mol. The maximum Gasteiger partial charge on any atom is 0.268 e. The maximum atomic E-state index is 12.7. The molecule has 4 rings (SSSR count). The topological polar surface area (TPSA) is 88.6 Å². The lowest BCUT2D eigenvalue weighted by Gasteiger charge is -2.18. The summed E-state index contributed by atoms with van der Waals surface area (Å²) < 4.78 is 33.0. The van der Waals surface area contributed by atoms with Crippen LogP contribution in [0.5, 0.6) is 5.75 Å². The van der Waals surface area contributed by atoms with Gasteiger partial charge in [0.1, 0.15) is 5.75 Å². The molecule has 29 heavy (non-hydrogen) atoms. The lowest BCUT2D eigenvalue weighted by Crippen LogP contribution is -2.32. The lowest BCUT2D eigenvalue weighted by atomic mass is 10.3. The van der Waals surface area contributed by atoms with Crippen molar-refractivity contribution in [3.8, 4) is 5.75 Å². The fourth-order valence-corrected chi connectivity index (χ4v) is 4.94. The van der Waals surface area contributed by atoms with E-state index in [0.717, 1.165) is 0 Å². The molecular formula is C19H16ClN3O4S2. The number of halogens is 1.